The molecule has 638 valence electrons. The van der Waals surface area contributed by atoms with Gasteiger partial charge in [-0.2, -0.15) is 39.5 Å². The molecule has 0 spiro atoms. The molecule has 0 aliphatic heterocycles. The number of aryl methyl sites for hydroxylation is 2. The number of anilines is 3. The van der Waals surface area contributed by atoms with Gasteiger partial charge in [0.2, 0.25) is 35.4 Å². The fourth-order valence-electron chi connectivity index (χ4n) is 14.2. The zero-order valence-corrected chi connectivity index (χ0v) is 69.0. The number of alkyl halides is 9. The number of pyridine rings is 3. The van der Waals surface area contributed by atoms with E-state index >= 15 is 13.2 Å². The molecular formula is C86H89F12IN6O14. The van der Waals surface area contributed by atoms with Crippen molar-refractivity contribution in [2.75, 3.05) is 28.9 Å². The van der Waals surface area contributed by atoms with Crippen molar-refractivity contribution in [2.45, 2.75) is 189 Å². The molecule has 0 unspecified atom stereocenters. The second-order valence-corrected chi connectivity index (χ2v) is 31.7. The number of methoxy groups -OCH3 is 2. The molecule has 3 aliphatic rings. The van der Waals surface area contributed by atoms with E-state index in [9.17, 15) is 73.4 Å². The first-order valence-electron chi connectivity index (χ1n) is 38.4. The molecule has 20 nitrogen and oxygen atoms in total. The Hall–Kier alpha value is -10.7. The van der Waals surface area contributed by atoms with Gasteiger partial charge in [-0.05, 0) is 213 Å². The Kier molecular flexibility index (Phi) is 31.0. The van der Waals surface area contributed by atoms with Crippen molar-refractivity contribution >= 4 is 75.3 Å². The summed E-state index contributed by atoms with van der Waals surface area (Å²) < 4.78 is 206. The highest BCUT2D eigenvalue weighted by Crippen LogP contribution is 2.46. The lowest BCUT2D eigenvalue weighted by Gasteiger charge is -2.34. The van der Waals surface area contributed by atoms with Crippen molar-refractivity contribution in [1.29, 1.82) is 0 Å². The predicted molar refractivity (Wildman–Crippen MR) is 422 cm³/mol. The second-order valence-electron chi connectivity index (χ2n) is 30.4. The number of rotatable bonds is 21. The third-order valence-corrected chi connectivity index (χ3v) is 21.2. The molecule has 11 rings (SSSR count). The van der Waals surface area contributed by atoms with Crippen LogP contribution in [0.25, 0.3) is 0 Å². The summed E-state index contributed by atoms with van der Waals surface area (Å²) in [5, 5.41) is 9.94. The smallest absolute Gasteiger partial charge is 0.421 e. The summed E-state index contributed by atoms with van der Waals surface area (Å²) >= 11 is 1.67. The minimum Gasteiger partial charge on any atom is -0.478 e. The van der Waals surface area contributed by atoms with E-state index in [0.29, 0.717) is 68.3 Å². The van der Waals surface area contributed by atoms with Crippen LogP contribution in [0.5, 0.6) is 34.9 Å². The highest BCUT2D eigenvalue weighted by molar-refractivity contribution is 14.1. The lowest BCUT2D eigenvalue weighted by atomic mass is 9.82. The first-order valence-corrected chi connectivity index (χ1v) is 39.5. The Balaban J connectivity index is 0.000000204. The summed E-state index contributed by atoms with van der Waals surface area (Å²) in [5.74, 6) is -6.41. The van der Waals surface area contributed by atoms with Gasteiger partial charge in [-0.3, -0.25) is 14.4 Å². The van der Waals surface area contributed by atoms with Crippen LogP contribution in [-0.4, -0.2) is 88.0 Å². The monoisotopic (exact) mass is 1780 g/mol. The Morgan fingerprint density at radius 1 is 0.462 bits per heavy atom. The Morgan fingerprint density at radius 2 is 0.807 bits per heavy atom. The largest absolute Gasteiger partial charge is 0.478 e. The number of halogens is 13. The molecule has 5 aromatic heterocycles. The molecule has 3 amide bonds. The number of carbonyl (C=O) groups excluding carboxylic acids is 5. The van der Waals surface area contributed by atoms with Gasteiger partial charge in [-0.1, -0.05) is 32.6 Å². The normalized spacial score (nSPS) is 17.5. The van der Waals surface area contributed by atoms with E-state index in [0.717, 1.165) is 125 Å². The quantitative estimate of drug-likeness (QED) is 0.0304. The molecule has 33 heteroatoms. The minimum absolute atomic E-state index is 0.0306. The number of aromatic nitrogens is 3. The van der Waals surface area contributed by atoms with Crippen LogP contribution in [0.1, 0.15) is 209 Å². The Morgan fingerprint density at radius 3 is 1.17 bits per heavy atom. The number of nitrogens with zero attached hydrogens (tertiary/aromatic N) is 6. The van der Waals surface area contributed by atoms with Crippen molar-refractivity contribution in [3.63, 3.8) is 0 Å². The molecule has 3 aromatic carbocycles. The van der Waals surface area contributed by atoms with E-state index in [2.05, 4.69) is 47.6 Å². The summed E-state index contributed by atoms with van der Waals surface area (Å²) in [6.45, 7) is 16.6. The van der Waals surface area contributed by atoms with Gasteiger partial charge < -0.3 is 52.3 Å². The van der Waals surface area contributed by atoms with Gasteiger partial charge in [0.05, 0.1) is 72.3 Å². The van der Waals surface area contributed by atoms with Gasteiger partial charge >= 0.3 is 36.4 Å². The van der Waals surface area contributed by atoms with Gasteiger partial charge in [0.15, 0.2) is 34.7 Å². The summed E-state index contributed by atoms with van der Waals surface area (Å²) in [7, 11) is 2.22. The summed E-state index contributed by atoms with van der Waals surface area (Å²) in [6.07, 6.45) is 4.27. The second kappa shape index (κ2) is 39.9. The molecule has 3 fully saturated rings. The van der Waals surface area contributed by atoms with E-state index < -0.39 is 129 Å². The number of carboxylic acids is 1. The van der Waals surface area contributed by atoms with E-state index in [4.69, 9.17) is 32.5 Å². The summed E-state index contributed by atoms with van der Waals surface area (Å²) in [5.41, 5.74) is -3.45. The van der Waals surface area contributed by atoms with Crippen LogP contribution in [0.2, 0.25) is 0 Å². The maximum Gasteiger partial charge on any atom is 0.421 e. The zero-order valence-electron chi connectivity index (χ0n) is 66.8. The number of carbonyl (C=O) groups is 6. The molecule has 3 aliphatic carbocycles. The average Bonchev–Trinajstić information content (AvgIpc) is 0.987. The maximum atomic E-state index is 15.5. The average molecular weight is 1790 g/mol. The van der Waals surface area contributed by atoms with Crippen molar-refractivity contribution < 1.29 is 119 Å². The third kappa shape index (κ3) is 23.7. The lowest BCUT2D eigenvalue weighted by molar-refractivity contribution is -0.139. The van der Waals surface area contributed by atoms with E-state index in [-0.39, 0.29) is 84.8 Å². The molecule has 0 radical (unpaired) electrons. The SMILES string of the molecule is CC1CCC(C(=O)N(c2cc(F)c(Oc3ncc(CCc4ccoc4)cc3C(F)(F)F)cc2C(=O)O)C(C)C)CC1.COC(=O)c1cc(Oc2ncc(C#Cc3ccoc3)cc2C(F)(F)F)c(F)cc1N(C(=O)C1CCC(C)CC1)C(C)C.COC(=O)c1cc(Oc2ncc(I)cc2C(F)(F)F)c(F)cc1N(C(=O)C1CCC(C)CC1)C(C)C. The molecule has 5 heterocycles. The van der Waals surface area contributed by atoms with Gasteiger partial charge in [-0.15, -0.1) is 0 Å². The maximum absolute atomic E-state index is 15.5. The number of furan rings is 2. The fourth-order valence-corrected chi connectivity index (χ4v) is 14.6. The van der Waals surface area contributed by atoms with Gasteiger partial charge in [0, 0.05) is 100 Å². The first-order chi connectivity index (χ1) is 56.1. The number of hydrogen-bond donors (Lipinski definition) is 1. The zero-order chi connectivity index (χ0) is 87.3. The Labute approximate surface area is 692 Å². The first kappa shape index (κ1) is 92.2. The van der Waals surface area contributed by atoms with Gasteiger partial charge in [-0.25, -0.2) is 42.5 Å². The van der Waals surface area contributed by atoms with E-state index in [1.165, 1.54) is 52.0 Å². The highest BCUT2D eigenvalue weighted by atomic mass is 127. The topological polar surface area (TPSA) is 243 Å². The minimum atomic E-state index is -4.92. The fraction of sp³-hybridized carbons (Fsp3) is 0.430. The molecule has 3 saturated carbocycles. The molecule has 1 N–H and O–H groups in total. The number of carboxylic acid groups (broad SMARTS) is 1. The number of aromatic carboxylic acids is 1. The number of esters is 2. The third-order valence-electron chi connectivity index (χ3n) is 20.6. The van der Waals surface area contributed by atoms with Crippen molar-refractivity contribution in [2.24, 2.45) is 35.5 Å². The molecule has 119 heavy (non-hydrogen) atoms. The molecular weight excluding hydrogens is 1700 g/mol. The van der Waals surface area contributed by atoms with Crippen molar-refractivity contribution in [3.8, 4) is 46.7 Å². The van der Waals surface area contributed by atoms with Crippen LogP contribution in [0.3, 0.4) is 0 Å². The van der Waals surface area contributed by atoms with Crippen LogP contribution < -0.4 is 28.9 Å². The standard InChI is InChI=1S/C31H30F4N2O5.C30H32F4N2O5.C25H27F4IN2O4/c1-18(2)37(29(38)22-9-5-19(3)6-10-22)26-15-25(32)27(14-23(26)30(39)40-4)42-28-24(31(33,34)35)13-21(16-36-28)8-7-20-11-12-41-17-20;1-17(2)36(28(37)21-8-4-18(3)5-9-21)25-14-24(31)26(13-22(25)29(38)39)41-27-23(30(32,33)34)12-20(15-35-27)7-6-19-10-11-40-16-19;1-13(2)32(23(33)15-7-5-14(3)6-8-15)20-11-19(26)21(10-17(20)24(34)35-4)36-22-18(25(27,28)29)9-16(30)12-31-22/h11-19,22H,5-6,9-10H2,1-4H3;10-18,21H,4-9H2,1-3H3,(H,38,39);9-15H,5-8H2,1-4H3. The van der Waals surface area contributed by atoms with Crippen LogP contribution in [0.15, 0.2) is 119 Å². The van der Waals surface area contributed by atoms with Crippen LogP contribution in [0.4, 0.5) is 69.7 Å². The van der Waals surface area contributed by atoms with Crippen molar-refractivity contribution in [1.82, 2.24) is 15.0 Å². The van der Waals surface area contributed by atoms with Crippen LogP contribution in [-0.2, 0) is 55.2 Å². The molecule has 0 saturated heterocycles. The summed E-state index contributed by atoms with van der Waals surface area (Å²) in [6, 6.07) is 9.60. The van der Waals surface area contributed by atoms with E-state index in [1.54, 1.807) is 70.2 Å². The van der Waals surface area contributed by atoms with Crippen LogP contribution in [0, 0.1) is 68.4 Å². The Bertz CT molecular complexity index is 4980. The molecule has 0 atom stereocenters. The molecule has 8 aromatic rings. The van der Waals surface area contributed by atoms with Gasteiger partial charge in [0.25, 0.3) is 0 Å². The number of benzene rings is 3. The van der Waals surface area contributed by atoms with E-state index in [1.807, 2.05) is 0 Å². The molecule has 0 bridgehead atoms. The lowest BCUT2D eigenvalue weighted by Crippen LogP contribution is -2.43. The number of amides is 3. The van der Waals surface area contributed by atoms with Crippen LogP contribution >= 0.6 is 22.6 Å². The summed E-state index contributed by atoms with van der Waals surface area (Å²) in [4.78, 5) is 93.3. The number of hydrogen-bond acceptors (Lipinski definition) is 16. The highest BCUT2D eigenvalue weighted by Gasteiger charge is 2.42. The van der Waals surface area contributed by atoms with Crippen molar-refractivity contribution in [3.05, 3.63) is 187 Å². The predicted octanol–water partition coefficient (Wildman–Crippen LogP) is 22.0. The van der Waals surface area contributed by atoms with Gasteiger partial charge in [0.1, 0.15) is 23.0 Å². The number of ether oxygens (including phenoxy) is 5.